The summed E-state index contributed by atoms with van der Waals surface area (Å²) in [5.41, 5.74) is 1.67. The molecule has 1 atom stereocenters. The van der Waals surface area contributed by atoms with Crippen LogP contribution in [-0.4, -0.2) is 20.1 Å². The molecule has 0 spiro atoms. The molecule has 1 fully saturated rings. The van der Waals surface area contributed by atoms with Crippen LogP contribution in [0.4, 0.5) is 0 Å². The van der Waals surface area contributed by atoms with Gasteiger partial charge in [0, 0.05) is 6.07 Å². The molecular formula is C19H21NO3. The molecule has 4 heteroatoms. The lowest BCUT2D eigenvalue weighted by Crippen LogP contribution is -2.30. The quantitative estimate of drug-likeness (QED) is 0.887. The highest BCUT2D eigenvalue weighted by Gasteiger charge is 2.33. The van der Waals surface area contributed by atoms with E-state index in [9.17, 15) is 4.79 Å². The molecule has 1 N–H and O–H groups in total. The van der Waals surface area contributed by atoms with Gasteiger partial charge in [-0.2, -0.15) is 0 Å². The third kappa shape index (κ3) is 3.47. The minimum absolute atomic E-state index is 0.0514. The van der Waals surface area contributed by atoms with E-state index in [0.717, 1.165) is 18.4 Å². The van der Waals surface area contributed by atoms with Crippen LogP contribution in [-0.2, 0) is 0 Å². The molecule has 3 rings (SSSR count). The molecule has 1 amide bonds. The first-order valence-corrected chi connectivity index (χ1v) is 7.80. The summed E-state index contributed by atoms with van der Waals surface area (Å²) in [6.07, 6.45) is 2.30. The Morgan fingerprint density at radius 1 is 1.09 bits per heavy atom. The number of benzene rings is 2. The zero-order valence-corrected chi connectivity index (χ0v) is 13.4. The number of hydrogen-bond donors (Lipinski definition) is 1. The van der Waals surface area contributed by atoms with Crippen molar-refractivity contribution in [3.05, 3.63) is 59.7 Å². The Morgan fingerprint density at radius 2 is 1.83 bits per heavy atom. The van der Waals surface area contributed by atoms with Crippen LogP contribution in [0.2, 0.25) is 0 Å². The van der Waals surface area contributed by atoms with Crippen LogP contribution in [0.15, 0.2) is 48.5 Å². The number of nitrogens with one attached hydrogen (secondary N) is 1. The first-order chi connectivity index (χ1) is 11.2. The molecule has 2 aromatic rings. The van der Waals surface area contributed by atoms with Crippen molar-refractivity contribution in [2.24, 2.45) is 5.92 Å². The summed E-state index contributed by atoms with van der Waals surface area (Å²) in [4.78, 5) is 12.7. The predicted molar refractivity (Wildman–Crippen MR) is 88.9 cm³/mol. The Labute approximate surface area is 136 Å². The van der Waals surface area contributed by atoms with Crippen LogP contribution in [0.3, 0.4) is 0 Å². The number of hydrogen-bond acceptors (Lipinski definition) is 3. The molecule has 1 unspecified atom stereocenters. The highest BCUT2D eigenvalue weighted by Crippen LogP contribution is 2.41. The fourth-order valence-electron chi connectivity index (χ4n) is 2.77. The van der Waals surface area contributed by atoms with Gasteiger partial charge in [0.2, 0.25) is 0 Å². The number of carbonyl (C=O) groups excluding carboxylic acids is 1. The van der Waals surface area contributed by atoms with Crippen LogP contribution in [0.5, 0.6) is 11.5 Å². The van der Waals surface area contributed by atoms with Crippen LogP contribution in [0, 0.1) is 5.92 Å². The van der Waals surface area contributed by atoms with Gasteiger partial charge in [0.15, 0.2) is 0 Å². The topological polar surface area (TPSA) is 47.6 Å². The van der Waals surface area contributed by atoms with Crippen molar-refractivity contribution in [3.8, 4) is 11.5 Å². The van der Waals surface area contributed by atoms with Crippen molar-refractivity contribution < 1.29 is 14.3 Å². The Kier molecular flexibility index (Phi) is 4.51. The molecule has 0 radical (unpaired) electrons. The maximum Gasteiger partial charge on any atom is 0.255 e. The van der Waals surface area contributed by atoms with Crippen molar-refractivity contribution in [2.75, 3.05) is 14.2 Å². The molecule has 0 saturated heterocycles. The summed E-state index contributed by atoms with van der Waals surface area (Å²) in [6, 6.07) is 15.4. The van der Waals surface area contributed by atoms with Gasteiger partial charge in [0.25, 0.3) is 5.91 Å². The number of ether oxygens (including phenoxy) is 2. The summed E-state index contributed by atoms with van der Waals surface area (Å²) in [5.74, 6) is 1.58. The van der Waals surface area contributed by atoms with E-state index in [1.165, 1.54) is 0 Å². The van der Waals surface area contributed by atoms with Crippen LogP contribution < -0.4 is 14.8 Å². The molecule has 4 nitrogen and oxygen atoms in total. The smallest absolute Gasteiger partial charge is 0.255 e. The Bertz CT molecular complexity index is 680. The highest BCUT2D eigenvalue weighted by atomic mass is 16.5. The third-order valence-electron chi connectivity index (χ3n) is 4.19. The van der Waals surface area contributed by atoms with Gasteiger partial charge in [-0.05, 0) is 36.5 Å². The first kappa shape index (κ1) is 15.4. The zero-order chi connectivity index (χ0) is 16.2. The van der Waals surface area contributed by atoms with Gasteiger partial charge in [-0.3, -0.25) is 4.79 Å². The van der Waals surface area contributed by atoms with E-state index >= 15 is 0 Å². The average molecular weight is 311 g/mol. The van der Waals surface area contributed by atoms with Crippen LogP contribution >= 0.6 is 0 Å². The average Bonchev–Trinajstić information content (AvgIpc) is 3.44. The lowest BCUT2D eigenvalue weighted by atomic mass is 10.0. The summed E-state index contributed by atoms with van der Waals surface area (Å²) >= 11 is 0. The highest BCUT2D eigenvalue weighted by molar-refractivity contribution is 5.97. The van der Waals surface area contributed by atoms with E-state index in [1.807, 2.05) is 18.2 Å². The summed E-state index contributed by atoms with van der Waals surface area (Å²) in [7, 11) is 3.15. The molecule has 0 aromatic heterocycles. The fraction of sp³-hybridized carbons (Fsp3) is 0.316. The lowest BCUT2D eigenvalue weighted by molar-refractivity contribution is 0.0928. The Morgan fingerprint density at radius 3 is 2.43 bits per heavy atom. The van der Waals surface area contributed by atoms with Crippen molar-refractivity contribution in [1.82, 2.24) is 5.32 Å². The van der Waals surface area contributed by atoms with E-state index < -0.39 is 0 Å². The largest absolute Gasteiger partial charge is 0.497 e. The van der Waals surface area contributed by atoms with Crippen molar-refractivity contribution in [3.63, 3.8) is 0 Å². The van der Waals surface area contributed by atoms with Gasteiger partial charge in [-0.1, -0.05) is 30.3 Å². The van der Waals surface area contributed by atoms with E-state index in [-0.39, 0.29) is 11.9 Å². The Hall–Kier alpha value is -2.49. The Balaban J connectivity index is 1.82. The monoisotopic (exact) mass is 311 g/mol. The SMILES string of the molecule is COc1ccc(C(=O)NC(c2ccccc2)C2CC2)c(OC)c1. The molecule has 1 aliphatic carbocycles. The molecule has 23 heavy (non-hydrogen) atoms. The molecular weight excluding hydrogens is 290 g/mol. The number of methoxy groups -OCH3 is 2. The maximum atomic E-state index is 12.7. The van der Waals surface area contributed by atoms with Crippen molar-refractivity contribution >= 4 is 5.91 Å². The minimum atomic E-state index is -0.120. The maximum absolute atomic E-state index is 12.7. The van der Waals surface area contributed by atoms with Gasteiger partial charge < -0.3 is 14.8 Å². The van der Waals surface area contributed by atoms with E-state index in [0.29, 0.717) is 23.0 Å². The first-order valence-electron chi connectivity index (χ1n) is 7.80. The predicted octanol–water partition coefficient (Wildman–Crippen LogP) is 3.58. The van der Waals surface area contributed by atoms with E-state index in [1.54, 1.807) is 32.4 Å². The zero-order valence-electron chi connectivity index (χ0n) is 13.4. The number of rotatable bonds is 6. The van der Waals surface area contributed by atoms with Crippen molar-refractivity contribution in [1.29, 1.82) is 0 Å². The molecule has 0 aliphatic heterocycles. The minimum Gasteiger partial charge on any atom is -0.497 e. The third-order valence-corrected chi connectivity index (χ3v) is 4.19. The number of amides is 1. The molecule has 2 aromatic carbocycles. The molecule has 1 aliphatic rings. The van der Waals surface area contributed by atoms with E-state index in [4.69, 9.17) is 9.47 Å². The van der Waals surface area contributed by atoms with Gasteiger partial charge in [0.05, 0.1) is 25.8 Å². The molecule has 1 saturated carbocycles. The second kappa shape index (κ2) is 6.73. The van der Waals surface area contributed by atoms with Gasteiger partial charge in [-0.15, -0.1) is 0 Å². The van der Waals surface area contributed by atoms with Gasteiger partial charge >= 0.3 is 0 Å². The van der Waals surface area contributed by atoms with Crippen LogP contribution in [0.25, 0.3) is 0 Å². The number of carbonyl (C=O) groups is 1. The summed E-state index contributed by atoms with van der Waals surface area (Å²) in [6.45, 7) is 0. The van der Waals surface area contributed by atoms with E-state index in [2.05, 4.69) is 17.4 Å². The second-order valence-corrected chi connectivity index (χ2v) is 5.77. The molecule has 0 bridgehead atoms. The molecule has 120 valence electrons. The van der Waals surface area contributed by atoms with Gasteiger partial charge in [-0.25, -0.2) is 0 Å². The van der Waals surface area contributed by atoms with Gasteiger partial charge in [0.1, 0.15) is 11.5 Å². The summed E-state index contributed by atoms with van der Waals surface area (Å²) in [5, 5.41) is 3.16. The molecule has 0 heterocycles. The standard InChI is InChI=1S/C19H21NO3/c1-22-15-10-11-16(17(12-15)23-2)19(21)20-18(14-8-9-14)13-6-4-3-5-7-13/h3-7,10-12,14,18H,8-9H2,1-2H3,(H,20,21). The van der Waals surface area contributed by atoms with Crippen LogP contribution in [0.1, 0.15) is 34.8 Å². The lowest BCUT2D eigenvalue weighted by Gasteiger charge is -2.20. The van der Waals surface area contributed by atoms with Crippen molar-refractivity contribution in [2.45, 2.75) is 18.9 Å². The second-order valence-electron chi connectivity index (χ2n) is 5.77. The fourth-order valence-corrected chi connectivity index (χ4v) is 2.77. The summed E-state index contributed by atoms with van der Waals surface area (Å²) < 4.78 is 10.5. The normalized spacial score (nSPS) is 14.9.